The quantitative estimate of drug-likeness (QED) is 0.142. The number of benzene rings is 8. The molecule has 4 heterocycles. The molecule has 0 saturated heterocycles. The van der Waals surface area contributed by atoms with Crippen molar-refractivity contribution in [3.8, 4) is 39.6 Å². The summed E-state index contributed by atoms with van der Waals surface area (Å²) in [5.74, 6) is 1.48. The monoisotopic (exact) mass is 1060 g/mol. The second-order valence-corrected chi connectivity index (χ2v) is 26.0. The number of nitrogens with zero attached hydrogens (tertiary/aromatic N) is 5. The molecule has 6 nitrogen and oxygen atoms in total. The van der Waals surface area contributed by atoms with Crippen LogP contribution in [0, 0.1) is 12.0 Å². The molecule has 7 heteroatoms. The third kappa shape index (κ3) is 9.50. The van der Waals surface area contributed by atoms with E-state index in [1.807, 2.05) is 104 Å². The van der Waals surface area contributed by atoms with Crippen molar-refractivity contribution in [1.29, 1.82) is 0 Å². The lowest BCUT2D eigenvalue weighted by atomic mass is 9.77. The maximum absolute atomic E-state index is 9.51. The van der Waals surface area contributed by atoms with E-state index in [0.717, 1.165) is 86.9 Å². The molecule has 1 aliphatic heterocycles. The third-order valence-electron chi connectivity index (χ3n) is 15.0. The number of hydrogen-bond donors (Lipinski definition) is 0. The van der Waals surface area contributed by atoms with Gasteiger partial charge in [-0.15, -0.1) is 11.3 Å². The second kappa shape index (κ2) is 19.0. The highest BCUT2D eigenvalue weighted by atomic mass is 32.1. The van der Waals surface area contributed by atoms with Crippen LogP contribution < -0.4 is 14.5 Å². The Kier molecular flexibility index (Phi) is 10.3. The Morgan fingerprint density at radius 2 is 1.23 bits per heavy atom. The van der Waals surface area contributed by atoms with Gasteiger partial charge in [-0.1, -0.05) is 174 Å². The van der Waals surface area contributed by atoms with E-state index in [1.165, 1.54) is 6.07 Å². The summed E-state index contributed by atoms with van der Waals surface area (Å²) in [5.41, 5.74) is 9.89. The Bertz CT molecular complexity index is 4660. The summed E-state index contributed by atoms with van der Waals surface area (Å²) in [5, 5.41) is 3.86. The molecule has 0 bridgehead atoms. The highest BCUT2D eigenvalue weighted by molar-refractivity contribution is 7.27. The predicted octanol–water partition coefficient (Wildman–Crippen LogP) is 21.0. The molecule has 79 heavy (non-hydrogen) atoms. The Labute approximate surface area is 481 Å². The fourth-order valence-electron chi connectivity index (χ4n) is 11.0. The largest absolute Gasteiger partial charge is 0.457 e. The average molecular weight is 1060 g/mol. The van der Waals surface area contributed by atoms with Gasteiger partial charge in [0.15, 0.2) is 0 Å². The minimum atomic E-state index is -1.81. The normalized spacial score (nSPS) is 14.9. The number of hydrogen-bond acceptors (Lipinski definition) is 5. The van der Waals surface area contributed by atoms with Gasteiger partial charge in [0.25, 0.3) is 0 Å². The molecule has 3 aromatic heterocycles. The molecule has 0 N–H and O–H groups in total. The molecule has 0 unspecified atom stereocenters. The molecule has 394 valence electrons. The van der Waals surface area contributed by atoms with Gasteiger partial charge in [-0.2, -0.15) is 0 Å². The Morgan fingerprint density at radius 1 is 0.595 bits per heavy atom. The number of pyridine rings is 1. The van der Waals surface area contributed by atoms with E-state index in [-0.39, 0.29) is 41.3 Å². The van der Waals surface area contributed by atoms with Crippen LogP contribution in [-0.2, 0) is 22.6 Å². The lowest BCUT2D eigenvalue weighted by molar-refractivity contribution is 0.411. The van der Waals surface area contributed by atoms with Crippen LogP contribution in [0.25, 0.3) is 74.9 Å². The summed E-state index contributed by atoms with van der Waals surface area (Å²) in [6.45, 7) is 33.6. The zero-order valence-corrected chi connectivity index (χ0v) is 47.9. The molecular formula is C72H69N5OS. The molecule has 0 fully saturated rings. The fraction of sp³-hybridized carbons (Fsp3) is 0.250. The molecule has 1 aliphatic rings. The number of anilines is 4. The van der Waals surface area contributed by atoms with Gasteiger partial charge in [-0.05, 0) is 139 Å². The van der Waals surface area contributed by atoms with E-state index in [2.05, 4.69) is 125 Å². The molecule has 0 radical (unpaired) electrons. The van der Waals surface area contributed by atoms with E-state index >= 15 is 0 Å². The van der Waals surface area contributed by atoms with Gasteiger partial charge >= 0.3 is 0 Å². The van der Waals surface area contributed by atoms with E-state index in [4.69, 9.17) is 21.8 Å². The highest BCUT2D eigenvalue weighted by Gasteiger charge is 2.34. The highest BCUT2D eigenvalue weighted by Crippen LogP contribution is 2.53. The summed E-state index contributed by atoms with van der Waals surface area (Å²) in [6.07, 6.45) is -1.87. The molecule has 0 saturated carbocycles. The predicted molar refractivity (Wildman–Crippen MR) is 336 cm³/mol. The maximum atomic E-state index is 9.51. The van der Waals surface area contributed by atoms with Gasteiger partial charge in [0.2, 0.25) is 5.69 Å². The minimum Gasteiger partial charge on any atom is -0.457 e. The summed E-state index contributed by atoms with van der Waals surface area (Å²) >= 11 is 1.58. The van der Waals surface area contributed by atoms with Crippen molar-refractivity contribution >= 4 is 81.8 Å². The number of fused-ring (bicyclic) bond motifs is 8. The zero-order valence-electron chi connectivity index (χ0n) is 55.0. The summed E-state index contributed by atoms with van der Waals surface area (Å²) in [6, 6.07) is 44.5. The number of para-hydroxylation sites is 2. The summed E-state index contributed by atoms with van der Waals surface area (Å²) in [7, 11) is 0. The number of thiophene rings is 1. The molecule has 11 aromatic rings. The lowest BCUT2D eigenvalue weighted by Crippen LogP contribution is -2.25. The zero-order chi connectivity index (χ0) is 62.4. The van der Waals surface area contributed by atoms with Gasteiger partial charge in [-0.3, -0.25) is 4.57 Å². The first-order valence-corrected chi connectivity index (χ1v) is 27.8. The molecule has 12 rings (SSSR count). The van der Waals surface area contributed by atoms with Crippen LogP contribution >= 0.6 is 11.3 Å². The van der Waals surface area contributed by atoms with Crippen LogP contribution in [0.2, 0.25) is 0 Å². The second-order valence-electron chi connectivity index (χ2n) is 25.0. The van der Waals surface area contributed by atoms with Crippen molar-refractivity contribution in [3.05, 3.63) is 210 Å². The van der Waals surface area contributed by atoms with Crippen molar-refractivity contribution in [1.82, 2.24) is 9.55 Å². The van der Waals surface area contributed by atoms with E-state index in [9.17, 15) is 5.48 Å². The van der Waals surface area contributed by atoms with Crippen LogP contribution in [0.4, 0.5) is 28.4 Å². The Hall–Kier alpha value is -8.18. The van der Waals surface area contributed by atoms with Crippen molar-refractivity contribution in [2.24, 2.45) is 5.41 Å². The Morgan fingerprint density at radius 3 is 1.91 bits per heavy atom. The molecule has 0 aliphatic carbocycles. The standard InChI is InChI=1S/C72H69N5OS/c1-69(2,3)43-45-33-34-74-64(35-45)77-62-32-31-55-54-25-20-26-59(73-13)67(54)79-68(55)65(62)56-30-29-53(42-63(56)77)78-52-24-19-23-51(41-52)75-44-76(61-28-18-17-27-60(61)75)66-57(46-21-15-14-16-22-46)39-50(72(10,11)12)40-58(66)47-36-48(70(4,5)6)38-49(37-47)71(7,8)9/h14-42H,43-44H2,1-12H3/i14D,15D,16D,21D,22D,34D,43D2. The van der Waals surface area contributed by atoms with Gasteiger partial charge in [0.1, 0.15) is 24.0 Å². The molecular weight excluding hydrogens is 983 g/mol. The Balaban J connectivity index is 1.02. The van der Waals surface area contributed by atoms with Gasteiger partial charge in [0.05, 0.1) is 42.9 Å². The van der Waals surface area contributed by atoms with Crippen molar-refractivity contribution in [2.45, 2.75) is 106 Å². The number of rotatable bonds is 8. The smallest absolute Gasteiger partial charge is 0.204 e. The number of ether oxygens (including phenoxy) is 1. The van der Waals surface area contributed by atoms with Crippen LogP contribution in [-0.4, -0.2) is 16.2 Å². The van der Waals surface area contributed by atoms with E-state index < -0.39 is 35.3 Å². The molecule has 0 spiro atoms. The minimum absolute atomic E-state index is 0.0607. The maximum Gasteiger partial charge on any atom is 0.204 e. The SMILES string of the molecule is [2H]c1cc(C([2H])([2H])C(C)(C)C)cc(-n2c3cc(Oc4cccc(N5CN(c6c(-c7cc(C(C)(C)C)cc(C(C)(C)C)c7)cc(C(C)(C)C)cc6-c6c([2H])c([2H])c([2H])c([2H])c6[2H])c6ccccc65)c4)ccc3c3c4sc5c([N+]#[C-])cccc5c4ccc32)n1. The molecule has 8 aromatic carbocycles. The summed E-state index contributed by atoms with van der Waals surface area (Å²) < 4.78 is 84.0. The molecule has 0 amide bonds. The fourth-order valence-corrected chi connectivity index (χ4v) is 12.3. The van der Waals surface area contributed by atoms with Crippen molar-refractivity contribution in [2.75, 3.05) is 16.5 Å². The first-order chi connectivity index (χ1) is 40.8. The van der Waals surface area contributed by atoms with Crippen LogP contribution in [0.15, 0.2) is 176 Å². The first-order valence-electron chi connectivity index (χ1n) is 31.0. The number of aromatic nitrogens is 2. The van der Waals surface area contributed by atoms with E-state index in [0.29, 0.717) is 39.8 Å². The van der Waals surface area contributed by atoms with Crippen LogP contribution in [0.5, 0.6) is 11.5 Å². The lowest BCUT2D eigenvalue weighted by Gasteiger charge is -2.31. The third-order valence-corrected chi connectivity index (χ3v) is 16.3. The van der Waals surface area contributed by atoms with Gasteiger partial charge in [-0.25, -0.2) is 9.83 Å². The molecule has 0 atom stereocenters. The van der Waals surface area contributed by atoms with Crippen LogP contribution in [0.1, 0.15) is 116 Å². The summed E-state index contributed by atoms with van der Waals surface area (Å²) in [4.78, 5) is 13.1. The van der Waals surface area contributed by atoms with Gasteiger partial charge < -0.3 is 14.5 Å². The van der Waals surface area contributed by atoms with Crippen molar-refractivity contribution in [3.63, 3.8) is 0 Å². The van der Waals surface area contributed by atoms with E-state index in [1.54, 1.807) is 17.4 Å². The van der Waals surface area contributed by atoms with Gasteiger partial charge in [0, 0.05) is 58.0 Å². The average Bonchev–Trinajstić information content (AvgIpc) is 1.65. The van der Waals surface area contributed by atoms with Crippen molar-refractivity contribution < 1.29 is 15.7 Å². The topological polar surface area (TPSA) is 37.9 Å². The first kappa shape index (κ1) is 42.8. The van der Waals surface area contributed by atoms with Crippen LogP contribution in [0.3, 0.4) is 0 Å².